The monoisotopic (exact) mass is 274 g/mol. The van der Waals surface area contributed by atoms with Crippen LogP contribution in [0.4, 0.5) is 5.82 Å². The van der Waals surface area contributed by atoms with Crippen molar-refractivity contribution in [2.75, 3.05) is 4.90 Å². The third-order valence-corrected chi connectivity index (χ3v) is 2.96. The first-order chi connectivity index (χ1) is 9.47. The molecule has 1 aromatic heterocycles. The molecule has 20 heavy (non-hydrogen) atoms. The van der Waals surface area contributed by atoms with Gasteiger partial charge in [0.05, 0.1) is 0 Å². The number of carboxylic acid groups (broad SMARTS) is 1. The summed E-state index contributed by atoms with van der Waals surface area (Å²) in [6, 6.07) is 3.12. The molecular weight excluding hydrogens is 260 g/mol. The van der Waals surface area contributed by atoms with E-state index in [1.54, 1.807) is 6.07 Å². The maximum atomic E-state index is 11.9. The highest BCUT2D eigenvalue weighted by Gasteiger charge is 2.32. The Morgan fingerprint density at radius 3 is 2.65 bits per heavy atom. The minimum Gasteiger partial charge on any atom is -0.478 e. The van der Waals surface area contributed by atoms with Crippen molar-refractivity contribution in [3.05, 3.63) is 30.0 Å². The zero-order valence-corrected chi connectivity index (χ0v) is 10.9. The van der Waals surface area contributed by atoms with E-state index in [4.69, 9.17) is 5.11 Å². The summed E-state index contributed by atoms with van der Waals surface area (Å²) in [5, 5.41) is 8.59. The number of hydrogen-bond donors (Lipinski definition) is 1. The lowest BCUT2D eigenvalue weighted by molar-refractivity contribution is -0.132. The lowest BCUT2D eigenvalue weighted by Crippen LogP contribution is -2.43. The van der Waals surface area contributed by atoms with Crippen molar-refractivity contribution in [3.63, 3.8) is 0 Å². The summed E-state index contributed by atoms with van der Waals surface area (Å²) in [5.41, 5.74) is 0.566. The molecule has 1 N–H and O–H groups in total. The van der Waals surface area contributed by atoms with Crippen molar-refractivity contribution < 1.29 is 19.5 Å². The molecular formula is C14H14N2O4. The van der Waals surface area contributed by atoms with Gasteiger partial charge in [-0.1, -0.05) is 6.92 Å². The van der Waals surface area contributed by atoms with E-state index < -0.39 is 5.97 Å². The molecule has 1 aromatic rings. The maximum Gasteiger partial charge on any atom is 0.328 e. The third kappa shape index (κ3) is 3.09. The van der Waals surface area contributed by atoms with Crippen LogP contribution < -0.4 is 4.90 Å². The normalized spacial score (nSPS) is 16.9. The van der Waals surface area contributed by atoms with E-state index in [9.17, 15) is 14.4 Å². The second-order valence-electron chi connectivity index (χ2n) is 4.76. The molecule has 0 radical (unpaired) electrons. The van der Waals surface area contributed by atoms with Crippen LogP contribution in [0.25, 0.3) is 6.08 Å². The van der Waals surface area contributed by atoms with Gasteiger partial charge in [-0.15, -0.1) is 0 Å². The third-order valence-electron chi connectivity index (χ3n) is 2.96. The number of aromatic nitrogens is 1. The Bertz CT molecular complexity index is 577. The number of carbonyl (C=O) groups is 3. The van der Waals surface area contributed by atoms with Crippen LogP contribution in [0.15, 0.2) is 24.4 Å². The summed E-state index contributed by atoms with van der Waals surface area (Å²) < 4.78 is 0. The molecule has 0 aromatic carbocycles. The summed E-state index contributed by atoms with van der Waals surface area (Å²) in [6.07, 6.45) is 4.43. The van der Waals surface area contributed by atoms with Gasteiger partial charge < -0.3 is 5.11 Å². The fourth-order valence-corrected chi connectivity index (χ4v) is 2.07. The van der Waals surface area contributed by atoms with Gasteiger partial charge in [0.25, 0.3) is 0 Å². The molecule has 104 valence electrons. The van der Waals surface area contributed by atoms with Gasteiger partial charge in [-0.3, -0.25) is 9.59 Å². The average molecular weight is 274 g/mol. The standard InChI is InChI=1S/C14H14N2O4/c1-9-6-12(17)16(13(18)7-9)11-8-10(4-5-15-11)2-3-14(19)20/h2-5,8-9H,6-7H2,1H3,(H,19,20)/b3-2+. The number of nitrogens with zero attached hydrogens (tertiary/aromatic N) is 2. The van der Waals surface area contributed by atoms with Crippen molar-refractivity contribution in [2.24, 2.45) is 5.92 Å². The summed E-state index contributed by atoms with van der Waals surface area (Å²) in [7, 11) is 0. The number of anilines is 1. The zero-order chi connectivity index (χ0) is 14.7. The molecule has 2 rings (SSSR count). The van der Waals surface area contributed by atoms with Crippen LogP contribution in [0.5, 0.6) is 0 Å². The van der Waals surface area contributed by atoms with Gasteiger partial charge in [0.1, 0.15) is 5.82 Å². The summed E-state index contributed by atoms with van der Waals surface area (Å²) >= 11 is 0. The minimum atomic E-state index is -1.07. The van der Waals surface area contributed by atoms with Gasteiger partial charge in [0, 0.05) is 25.1 Å². The fourth-order valence-electron chi connectivity index (χ4n) is 2.07. The number of hydrogen-bond acceptors (Lipinski definition) is 4. The highest BCUT2D eigenvalue weighted by Crippen LogP contribution is 2.24. The molecule has 0 atom stereocenters. The van der Waals surface area contributed by atoms with E-state index in [0.717, 1.165) is 11.0 Å². The van der Waals surface area contributed by atoms with E-state index in [2.05, 4.69) is 4.98 Å². The molecule has 0 bridgehead atoms. The first kappa shape index (κ1) is 13.9. The molecule has 1 fully saturated rings. The van der Waals surface area contributed by atoms with Crippen molar-refractivity contribution in [2.45, 2.75) is 19.8 Å². The van der Waals surface area contributed by atoms with E-state index in [0.29, 0.717) is 18.4 Å². The predicted octanol–water partition coefficient (Wildman–Crippen LogP) is 1.47. The van der Waals surface area contributed by atoms with E-state index in [1.165, 1.54) is 18.3 Å². The number of imide groups is 1. The molecule has 6 nitrogen and oxygen atoms in total. The van der Waals surface area contributed by atoms with Crippen molar-refractivity contribution >= 4 is 29.7 Å². The molecule has 0 spiro atoms. The van der Waals surface area contributed by atoms with E-state index >= 15 is 0 Å². The van der Waals surface area contributed by atoms with Gasteiger partial charge >= 0.3 is 5.97 Å². The van der Waals surface area contributed by atoms with Crippen molar-refractivity contribution in [3.8, 4) is 0 Å². The quantitative estimate of drug-likeness (QED) is 0.666. The lowest BCUT2D eigenvalue weighted by Gasteiger charge is -2.27. The van der Waals surface area contributed by atoms with Crippen molar-refractivity contribution in [1.82, 2.24) is 4.98 Å². The Morgan fingerprint density at radius 2 is 2.05 bits per heavy atom. The van der Waals surface area contributed by atoms with Crippen LogP contribution in [-0.4, -0.2) is 27.9 Å². The number of amides is 2. The van der Waals surface area contributed by atoms with Crippen LogP contribution in [-0.2, 0) is 14.4 Å². The number of aliphatic carboxylic acids is 1. The van der Waals surface area contributed by atoms with Gasteiger partial charge in [-0.2, -0.15) is 0 Å². The summed E-state index contributed by atoms with van der Waals surface area (Å²) in [5.74, 6) is -1.34. The Labute approximate surface area is 115 Å². The molecule has 0 aliphatic carbocycles. The van der Waals surface area contributed by atoms with Gasteiger partial charge in [0.2, 0.25) is 11.8 Å². The minimum absolute atomic E-state index is 0.0429. The summed E-state index contributed by atoms with van der Waals surface area (Å²) in [6.45, 7) is 1.85. The first-order valence-electron chi connectivity index (χ1n) is 6.20. The van der Waals surface area contributed by atoms with Crippen LogP contribution in [0.3, 0.4) is 0 Å². The molecule has 0 saturated carbocycles. The largest absolute Gasteiger partial charge is 0.478 e. The molecule has 0 unspecified atom stereocenters. The topological polar surface area (TPSA) is 87.6 Å². The number of rotatable bonds is 3. The zero-order valence-electron chi connectivity index (χ0n) is 10.9. The van der Waals surface area contributed by atoms with Crippen LogP contribution >= 0.6 is 0 Å². The molecule has 2 heterocycles. The predicted molar refractivity (Wildman–Crippen MR) is 71.8 cm³/mol. The Kier molecular flexibility index (Phi) is 3.93. The van der Waals surface area contributed by atoms with Crippen LogP contribution in [0.2, 0.25) is 0 Å². The molecule has 2 amide bonds. The highest BCUT2D eigenvalue weighted by atomic mass is 16.4. The van der Waals surface area contributed by atoms with E-state index in [1.807, 2.05) is 6.92 Å². The number of carbonyl (C=O) groups excluding carboxylic acids is 2. The molecule has 1 aliphatic rings. The fraction of sp³-hybridized carbons (Fsp3) is 0.286. The van der Waals surface area contributed by atoms with Crippen LogP contribution in [0, 0.1) is 5.92 Å². The number of pyridine rings is 1. The number of piperidine rings is 1. The Morgan fingerprint density at radius 1 is 1.40 bits per heavy atom. The van der Waals surface area contributed by atoms with Gasteiger partial charge in [-0.05, 0) is 29.7 Å². The van der Waals surface area contributed by atoms with Gasteiger partial charge in [-0.25, -0.2) is 14.7 Å². The Balaban J connectivity index is 2.28. The first-order valence-corrected chi connectivity index (χ1v) is 6.20. The second-order valence-corrected chi connectivity index (χ2v) is 4.76. The highest BCUT2D eigenvalue weighted by molar-refractivity contribution is 6.16. The van der Waals surface area contributed by atoms with Crippen molar-refractivity contribution in [1.29, 1.82) is 0 Å². The average Bonchev–Trinajstić information content (AvgIpc) is 2.35. The molecule has 6 heteroatoms. The number of carboxylic acids is 1. The molecule has 1 saturated heterocycles. The van der Waals surface area contributed by atoms with E-state index in [-0.39, 0.29) is 23.6 Å². The Hall–Kier alpha value is -2.50. The second kappa shape index (κ2) is 5.64. The summed E-state index contributed by atoms with van der Waals surface area (Å²) in [4.78, 5) is 39.5. The lowest BCUT2D eigenvalue weighted by atomic mass is 9.98. The SMILES string of the molecule is CC1CC(=O)N(c2cc(/C=C/C(=O)O)ccn2)C(=O)C1. The molecule has 1 aliphatic heterocycles. The smallest absolute Gasteiger partial charge is 0.328 e. The van der Waals surface area contributed by atoms with Gasteiger partial charge in [0.15, 0.2) is 0 Å². The maximum absolute atomic E-state index is 11.9. The van der Waals surface area contributed by atoms with Crippen LogP contribution in [0.1, 0.15) is 25.3 Å².